The van der Waals surface area contributed by atoms with Gasteiger partial charge in [-0.1, -0.05) is 0 Å². The van der Waals surface area contributed by atoms with Crippen LogP contribution in [0.3, 0.4) is 0 Å². The molecule has 2 saturated heterocycles. The highest BCUT2D eigenvalue weighted by molar-refractivity contribution is 8.00. The summed E-state index contributed by atoms with van der Waals surface area (Å²) in [5, 5.41) is 23.1. The molecule has 0 aromatic carbocycles. The van der Waals surface area contributed by atoms with Crippen molar-refractivity contribution >= 4 is 52.1 Å². The standard InChI is InChI=1S/C14H17N5O7S2/c15-12-17-5(1-27-12)7(20)8(21)18-6-9(22)19-2-14(11(23)24,3-26-13(16)25)4-28-10(6)19/h1,6-7,10,20H,2-4H2,(H2,15,17)(H2,16,25)(H,18,21)(H,23,24)/t6?,7?,10-,14?/m1/s1. The summed E-state index contributed by atoms with van der Waals surface area (Å²) in [4.78, 5) is 52.2. The van der Waals surface area contributed by atoms with Gasteiger partial charge in [-0.25, -0.2) is 9.78 Å². The molecule has 12 nitrogen and oxygen atoms in total. The van der Waals surface area contributed by atoms with Crippen LogP contribution in [0, 0.1) is 5.41 Å². The average Bonchev–Trinajstić information content (AvgIpc) is 3.09. The first kappa shape index (κ1) is 20.2. The van der Waals surface area contributed by atoms with Crippen LogP contribution in [0.25, 0.3) is 0 Å². The third-order valence-corrected chi connectivity index (χ3v) is 6.73. The average molecular weight is 431 g/mol. The number of hydrogen-bond donors (Lipinski definition) is 5. The molecular formula is C14H17N5O7S2. The summed E-state index contributed by atoms with van der Waals surface area (Å²) in [6, 6.07) is -0.910. The summed E-state index contributed by atoms with van der Waals surface area (Å²) in [5.74, 6) is -2.49. The molecule has 14 heteroatoms. The third kappa shape index (κ3) is 3.57. The number of fused-ring (bicyclic) bond motifs is 1. The fraction of sp³-hybridized carbons (Fsp3) is 0.500. The van der Waals surface area contributed by atoms with Crippen LogP contribution in [-0.2, 0) is 19.1 Å². The normalized spacial score (nSPS) is 27.3. The Hall–Kier alpha value is -2.58. The molecule has 28 heavy (non-hydrogen) atoms. The molecule has 2 fully saturated rings. The van der Waals surface area contributed by atoms with E-state index in [0.717, 1.165) is 23.1 Å². The number of aliphatic hydroxyl groups excluding tert-OH is 1. The zero-order chi connectivity index (χ0) is 20.6. The second-order valence-electron chi connectivity index (χ2n) is 6.36. The SMILES string of the molecule is NC(=O)OCC1(C(=O)O)CS[C@@H]2C(NC(=O)C(O)c3csc(N)n3)C(=O)N2C1. The van der Waals surface area contributed by atoms with E-state index in [1.807, 2.05) is 0 Å². The van der Waals surface area contributed by atoms with E-state index in [1.165, 1.54) is 10.3 Å². The van der Waals surface area contributed by atoms with Crippen LogP contribution in [0.5, 0.6) is 0 Å². The Bertz CT molecular complexity index is 833. The largest absolute Gasteiger partial charge is 0.481 e. The molecule has 0 aliphatic carbocycles. The molecular weight excluding hydrogens is 414 g/mol. The van der Waals surface area contributed by atoms with Gasteiger partial charge in [-0.15, -0.1) is 23.1 Å². The van der Waals surface area contributed by atoms with Crippen LogP contribution < -0.4 is 16.8 Å². The van der Waals surface area contributed by atoms with E-state index in [0.29, 0.717) is 0 Å². The molecule has 1 aromatic heterocycles. The number of carbonyl (C=O) groups excluding carboxylic acids is 3. The highest BCUT2D eigenvalue weighted by atomic mass is 32.2. The van der Waals surface area contributed by atoms with Gasteiger partial charge < -0.3 is 36.6 Å². The van der Waals surface area contributed by atoms with Crippen molar-refractivity contribution in [1.82, 2.24) is 15.2 Å². The highest BCUT2D eigenvalue weighted by Crippen LogP contribution is 2.42. The topological polar surface area (TPSA) is 198 Å². The van der Waals surface area contributed by atoms with Crippen molar-refractivity contribution < 1.29 is 34.1 Å². The van der Waals surface area contributed by atoms with Gasteiger partial charge in [-0.2, -0.15) is 0 Å². The zero-order valence-electron chi connectivity index (χ0n) is 14.2. The lowest BCUT2D eigenvalue weighted by Gasteiger charge is -2.53. The van der Waals surface area contributed by atoms with Crippen molar-refractivity contribution in [2.45, 2.75) is 17.5 Å². The van der Waals surface area contributed by atoms with E-state index < -0.39 is 53.4 Å². The molecule has 4 atom stereocenters. The third-order valence-electron chi connectivity index (χ3n) is 4.46. The lowest BCUT2D eigenvalue weighted by atomic mass is 9.88. The lowest BCUT2D eigenvalue weighted by Crippen LogP contribution is -2.74. The molecule has 7 N–H and O–H groups in total. The van der Waals surface area contributed by atoms with Crippen molar-refractivity contribution in [3.05, 3.63) is 11.1 Å². The van der Waals surface area contributed by atoms with Crippen molar-refractivity contribution in [2.75, 3.05) is 24.6 Å². The maximum atomic E-state index is 12.4. The molecule has 3 rings (SSSR count). The van der Waals surface area contributed by atoms with Crippen molar-refractivity contribution in [3.63, 3.8) is 0 Å². The van der Waals surface area contributed by atoms with Gasteiger partial charge in [-0.05, 0) is 0 Å². The molecule has 152 valence electrons. The Morgan fingerprint density at radius 3 is 2.79 bits per heavy atom. The number of anilines is 1. The van der Waals surface area contributed by atoms with E-state index in [4.69, 9.17) is 11.5 Å². The Kier molecular flexibility index (Phi) is 5.36. The first-order valence-electron chi connectivity index (χ1n) is 7.92. The van der Waals surface area contributed by atoms with Gasteiger partial charge in [0.25, 0.3) is 5.91 Å². The number of aliphatic carboxylic acids is 1. The van der Waals surface area contributed by atoms with E-state index in [2.05, 4.69) is 15.0 Å². The van der Waals surface area contributed by atoms with E-state index >= 15 is 0 Å². The first-order valence-corrected chi connectivity index (χ1v) is 9.84. The van der Waals surface area contributed by atoms with Crippen molar-refractivity contribution in [3.8, 4) is 0 Å². The van der Waals surface area contributed by atoms with Crippen LogP contribution in [-0.4, -0.2) is 74.3 Å². The monoisotopic (exact) mass is 431 g/mol. The Balaban J connectivity index is 1.63. The summed E-state index contributed by atoms with van der Waals surface area (Å²) < 4.78 is 4.65. The van der Waals surface area contributed by atoms with E-state index in [9.17, 15) is 29.4 Å². The molecule has 3 amide bonds. The number of carboxylic acids is 1. The molecule has 0 radical (unpaired) electrons. The molecule has 0 bridgehead atoms. The van der Waals surface area contributed by atoms with Crippen molar-refractivity contribution in [2.24, 2.45) is 11.1 Å². The number of thiazole rings is 1. The van der Waals surface area contributed by atoms with E-state index in [-0.39, 0.29) is 23.1 Å². The summed E-state index contributed by atoms with van der Waals surface area (Å²) in [6.07, 6.45) is -2.68. The van der Waals surface area contributed by atoms with Crippen LogP contribution in [0.4, 0.5) is 9.93 Å². The number of β-lactam (4-membered cyclic amide) rings is 1. The number of thioether (sulfide) groups is 1. The molecule has 1 aromatic rings. The number of aliphatic hydroxyl groups is 1. The van der Waals surface area contributed by atoms with Gasteiger partial charge in [0.15, 0.2) is 11.2 Å². The Morgan fingerprint density at radius 1 is 1.50 bits per heavy atom. The molecule has 0 saturated carbocycles. The van der Waals surface area contributed by atoms with Crippen LogP contribution in [0.15, 0.2) is 5.38 Å². The van der Waals surface area contributed by atoms with Gasteiger partial charge in [0, 0.05) is 17.7 Å². The number of aromatic nitrogens is 1. The number of nitrogens with two attached hydrogens (primary N) is 2. The minimum absolute atomic E-state index is 0.0433. The van der Waals surface area contributed by atoms with Crippen LogP contribution in [0.2, 0.25) is 0 Å². The Labute approximate surface area is 166 Å². The predicted octanol–water partition coefficient (Wildman–Crippen LogP) is -1.68. The first-order chi connectivity index (χ1) is 13.1. The summed E-state index contributed by atoms with van der Waals surface area (Å²) >= 11 is 2.19. The van der Waals surface area contributed by atoms with Gasteiger partial charge in [0.05, 0.1) is 5.69 Å². The van der Waals surface area contributed by atoms with Crippen LogP contribution >= 0.6 is 23.1 Å². The summed E-state index contributed by atoms with van der Waals surface area (Å²) in [5.41, 5.74) is 8.96. The number of nitrogens with one attached hydrogen (secondary N) is 1. The molecule has 3 heterocycles. The van der Waals surface area contributed by atoms with Crippen LogP contribution in [0.1, 0.15) is 11.8 Å². The summed E-state index contributed by atoms with van der Waals surface area (Å²) in [7, 11) is 0. The Morgan fingerprint density at radius 2 is 2.21 bits per heavy atom. The number of nitrogen functional groups attached to an aromatic ring is 1. The maximum Gasteiger partial charge on any atom is 0.404 e. The number of ether oxygens (including phenoxy) is 1. The second kappa shape index (κ2) is 7.44. The number of amides is 3. The van der Waals surface area contributed by atoms with Gasteiger partial charge in [0.1, 0.15) is 23.4 Å². The fourth-order valence-corrected chi connectivity index (χ4v) is 5.01. The minimum Gasteiger partial charge on any atom is -0.481 e. The molecule has 0 spiro atoms. The fourth-order valence-electron chi connectivity index (χ4n) is 2.91. The quantitative estimate of drug-likeness (QED) is 0.324. The summed E-state index contributed by atoms with van der Waals surface area (Å²) in [6.45, 7) is -0.661. The smallest absolute Gasteiger partial charge is 0.404 e. The molecule has 3 unspecified atom stereocenters. The zero-order valence-corrected chi connectivity index (χ0v) is 15.9. The second-order valence-corrected chi connectivity index (χ2v) is 8.35. The van der Waals surface area contributed by atoms with Gasteiger partial charge in [-0.3, -0.25) is 14.4 Å². The molecule has 2 aliphatic heterocycles. The number of rotatable bonds is 6. The number of nitrogens with zero attached hydrogens (tertiary/aromatic N) is 2. The van der Waals surface area contributed by atoms with E-state index in [1.54, 1.807) is 0 Å². The number of primary amides is 1. The number of hydrogen-bond acceptors (Lipinski definition) is 10. The molecule has 2 aliphatic rings. The maximum absolute atomic E-state index is 12.4. The van der Waals surface area contributed by atoms with Gasteiger partial charge >= 0.3 is 12.1 Å². The van der Waals surface area contributed by atoms with Gasteiger partial charge in [0.2, 0.25) is 5.91 Å². The van der Waals surface area contributed by atoms with Crippen molar-refractivity contribution in [1.29, 1.82) is 0 Å². The number of carbonyl (C=O) groups is 4. The minimum atomic E-state index is -1.58. The highest BCUT2D eigenvalue weighted by Gasteiger charge is 2.58. The number of carboxylic acid groups (broad SMARTS) is 1. The predicted molar refractivity (Wildman–Crippen MR) is 97.0 cm³/mol. The lowest BCUT2D eigenvalue weighted by molar-refractivity contribution is -0.161.